The van der Waals surface area contributed by atoms with Gasteiger partial charge in [0.1, 0.15) is 5.75 Å². The van der Waals surface area contributed by atoms with Crippen LogP contribution in [-0.4, -0.2) is 7.11 Å². The maximum absolute atomic E-state index is 6.02. The van der Waals surface area contributed by atoms with Crippen LogP contribution >= 0.6 is 11.6 Å². The van der Waals surface area contributed by atoms with Gasteiger partial charge < -0.3 is 10.1 Å². The summed E-state index contributed by atoms with van der Waals surface area (Å²) in [4.78, 5) is 0. The number of hydrogen-bond donors (Lipinski definition) is 1. The van der Waals surface area contributed by atoms with E-state index < -0.39 is 0 Å². The first-order chi connectivity index (χ1) is 8.78. The molecule has 3 heteroatoms. The molecule has 1 aliphatic heterocycles. The van der Waals surface area contributed by atoms with Crippen molar-refractivity contribution < 1.29 is 4.74 Å². The minimum absolute atomic E-state index is 0.259. The molecule has 3 rings (SSSR count). The Balaban J connectivity index is 1.93. The number of fused-ring (bicyclic) bond motifs is 1. The van der Waals surface area contributed by atoms with Gasteiger partial charge in [0.25, 0.3) is 0 Å². The van der Waals surface area contributed by atoms with Crippen molar-refractivity contribution in [1.29, 1.82) is 0 Å². The molecule has 1 N–H and O–H groups in total. The average Bonchev–Trinajstić information content (AvgIpc) is 2.81. The molecule has 0 amide bonds. The fourth-order valence-electron chi connectivity index (χ4n) is 2.47. The summed E-state index contributed by atoms with van der Waals surface area (Å²) in [6, 6.07) is 14.4. The van der Waals surface area contributed by atoms with E-state index in [0.29, 0.717) is 0 Å². The van der Waals surface area contributed by atoms with E-state index in [1.54, 1.807) is 7.11 Å². The van der Waals surface area contributed by atoms with Crippen LogP contribution in [0.2, 0.25) is 5.02 Å². The highest BCUT2D eigenvalue weighted by Crippen LogP contribution is 2.38. The highest BCUT2D eigenvalue weighted by molar-refractivity contribution is 6.30. The van der Waals surface area contributed by atoms with Crippen molar-refractivity contribution in [2.75, 3.05) is 12.4 Å². The summed E-state index contributed by atoms with van der Waals surface area (Å²) in [7, 11) is 1.71. The molecule has 18 heavy (non-hydrogen) atoms. The van der Waals surface area contributed by atoms with E-state index in [2.05, 4.69) is 11.4 Å². The summed E-state index contributed by atoms with van der Waals surface area (Å²) >= 11 is 6.02. The van der Waals surface area contributed by atoms with E-state index in [-0.39, 0.29) is 6.04 Å². The lowest BCUT2D eigenvalue weighted by atomic mass is 10.0. The second-order valence-electron chi connectivity index (χ2n) is 4.44. The largest absolute Gasteiger partial charge is 0.496 e. The molecule has 0 saturated carbocycles. The van der Waals surface area contributed by atoms with Crippen molar-refractivity contribution in [2.24, 2.45) is 0 Å². The van der Waals surface area contributed by atoms with Crippen LogP contribution in [0, 0.1) is 0 Å². The molecule has 0 aromatic heterocycles. The lowest BCUT2D eigenvalue weighted by molar-refractivity contribution is 0.407. The molecule has 0 aliphatic carbocycles. The van der Waals surface area contributed by atoms with E-state index in [4.69, 9.17) is 16.3 Å². The third-order valence-electron chi connectivity index (χ3n) is 3.34. The standard InChI is InChI=1S/C15H14ClNO/c1-18-15-5-3-2-4-12(15)14-9-10-8-11(16)6-7-13(10)17-14/h2-8,14,17H,9H2,1H3. The van der Waals surface area contributed by atoms with Crippen molar-refractivity contribution in [3.8, 4) is 5.75 Å². The zero-order chi connectivity index (χ0) is 12.5. The van der Waals surface area contributed by atoms with Crippen molar-refractivity contribution in [3.63, 3.8) is 0 Å². The number of benzene rings is 2. The number of methoxy groups -OCH3 is 1. The van der Waals surface area contributed by atoms with Crippen LogP contribution in [0.3, 0.4) is 0 Å². The number of hydrogen-bond acceptors (Lipinski definition) is 2. The van der Waals surface area contributed by atoms with Crippen LogP contribution in [0.4, 0.5) is 5.69 Å². The SMILES string of the molecule is COc1ccccc1C1Cc2cc(Cl)ccc2N1. The highest BCUT2D eigenvalue weighted by Gasteiger charge is 2.24. The van der Waals surface area contributed by atoms with Crippen LogP contribution in [0.5, 0.6) is 5.75 Å². The van der Waals surface area contributed by atoms with Crippen LogP contribution in [-0.2, 0) is 6.42 Å². The van der Waals surface area contributed by atoms with Gasteiger partial charge in [0.05, 0.1) is 13.2 Å². The fourth-order valence-corrected chi connectivity index (χ4v) is 2.67. The Bertz CT molecular complexity index is 582. The normalized spacial score (nSPS) is 17.1. The van der Waals surface area contributed by atoms with E-state index in [1.165, 1.54) is 11.1 Å². The zero-order valence-corrected chi connectivity index (χ0v) is 10.9. The number of anilines is 1. The minimum atomic E-state index is 0.259. The lowest BCUT2D eigenvalue weighted by Crippen LogP contribution is -2.07. The topological polar surface area (TPSA) is 21.3 Å². The highest BCUT2D eigenvalue weighted by atomic mass is 35.5. The first-order valence-corrected chi connectivity index (χ1v) is 6.33. The Morgan fingerprint density at radius 3 is 2.89 bits per heavy atom. The third-order valence-corrected chi connectivity index (χ3v) is 3.57. The van der Waals surface area contributed by atoms with Gasteiger partial charge in [-0.25, -0.2) is 0 Å². The summed E-state index contributed by atoms with van der Waals surface area (Å²) in [5.41, 5.74) is 3.61. The first kappa shape index (κ1) is 11.4. The first-order valence-electron chi connectivity index (χ1n) is 5.96. The molecule has 1 unspecified atom stereocenters. The van der Waals surface area contributed by atoms with Gasteiger partial charge in [-0.1, -0.05) is 29.8 Å². The fraction of sp³-hybridized carbons (Fsp3) is 0.200. The second-order valence-corrected chi connectivity index (χ2v) is 4.88. The second kappa shape index (κ2) is 4.54. The lowest BCUT2D eigenvalue weighted by Gasteiger charge is -2.15. The molecule has 0 spiro atoms. The maximum atomic E-state index is 6.02. The number of ether oxygens (including phenoxy) is 1. The van der Waals surface area contributed by atoms with E-state index in [1.807, 2.05) is 36.4 Å². The van der Waals surface area contributed by atoms with Crippen LogP contribution in [0.25, 0.3) is 0 Å². The molecule has 0 radical (unpaired) electrons. The molecule has 1 atom stereocenters. The molecule has 2 nitrogen and oxygen atoms in total. The summed E-state index contributed by atoms with van der Waals surface area (Å²) < 4.78 is 5.41. The van der Waals surface area contributed by atoms with Crippen molar-refractivity contribution in [1.82, 2.24) is 0 Å². The molecular formula is C15H14ClNO. The maximum Gasteiger partial charge on any atom is 0.124 e. The predicted octanol–water partition coefficient (Wildman–Crippen LogP) is 4.06. The smallest absolute Gasteiger partial charge is 0.124 e. The number of para-hydroxylation sites is 1. The Hall–Kier alpha value is -1.67. The van der Waals surface area contributed by atoms with Gasteiger partial charge in [0.2, 0.25) is 0 Å². The van der Waals surface area contributed by atoms with Gasteiger partial charge in [-0.2, -0.15) is 0 Å². The van der Waals surface area contributed by atoms with Crippen molar-refractivity contribution in [2.45, 2.75) is 12.5 Å². The Kier molecular flexibility index (Phi) is 2.88. The zero-order valence-electron chi connectivity index (χ0n) is 10.1. The van der Waals surface area contributed by atoms with Crippen LogP contribution < -0.4 is 10.1 Å². The molecule has 0 fully saturated rings. The van der Waals surface area contributed by atoms with Gasteiger partial charge in [0.15, 0.2) is 0 Å². The monoisotopic (exact) mass is 259 g/mol. The van der Waals surface area contributed by atoms with Crippen molar-refractivity contribution in [3.05, 3.63) is 58.6 Å². The van der Waals surface area contributed by atoms with Gasteiger partial charge >= 0.3 is 0 Å². The quantitative estimate of drug-likeness (QED) is 0.878. The van der Waals surface area contributed by atoms with E-state index in [9.17, 15) is 0 Å². The van der Waals surface area contributed by atoms with Gasteiger partial charge in [-0.15, -0.1) is 0 Å². The Morgan fingerprint density at radius 1 is 1.22 bits per heavy atom. The number of nitrogens with one attached hydrogen (secondary N) is 1. The van der Waals surface area contributed by atoms with Gasteiger partial charge in [-0.3, -0.25) is 0 Å². The molecule has 1 heterocycles. The summed E-state index contributed by atoms with van der Waals surface area (Å²) in [5, 5.41) is 4.30. The summed E-state index contributed by atoms with van der Waals surface area (Å²) in [6.45, 7) is 0. The van der Waals surface area contributed by atoms with Gasteiger partial charge in [0, 0.05) is 16.3 Å². The van der Waals surface area contributed by atoms with Crippen LogP contribution in [0.15, 0.2) is 42.5 Å². The van der Waals surface area contributed by atoms with Crippen LogP contribution in [0.1, 0.15) is 17.2 Å². The molecule has 0 saturated heterocycles. The van der Waals surface area contributed by atoms with Gasteiger partial charge in [-0.05, 0) is 36.2 Å². The predicted molar refractivity (Wildman–Crippen MR) is 74.5 cm³/mol. The Morgan fingerprint density at radius 2 is 2.06 bits per heavy atom. The van der Waals surface area contributed by atoms with E-state index >= 15 is 0 Å². The average molecular weight is 260 g/mol. The number of halogens is 1. The molecule has 92 valence electrons. The van der Waals surface area contributed by atoms with E-state index in [0.717, 1.165) is 22.9 Å². The molecular weight excluding hydrogens is 246 g/mol. The molecule has 0 bridgehead atoms. The summed E-state index contributed by atoms with van der Waals surface area (Å²) in [6.07, 6.45) is 0.941. The molecule has 1 aliphatic rings. The number of rotatable bonds is 2. The molecule has 2 aromatic rings. The van der Waals surface area contributed by atoms with Crippen molar-refractivity contribution >= 4 is 17.3 Å². The minimum Gasteiger partial charge on any atom is -0.496 e. The Labute approximate surface area is 112 Å². The summed E-state index contributed by atoms with van der Waals surface area (Å²) in [5.74, 6) is 0.925. The molecule has 2 aromatic carbocycles. The third kappa shape index (κ3) is 1.93.